The Hall–Kier alpha value is -2.69. The molecule has 2 aromatic carbocycles. The van der Waals surface area contributed by atoms with Crippen LogP contribution >= 0.6 is 11.8 Å². The Balaban J connectivity index is 1.63. The Labute approximate surface area is 198 Å². The second kappa shape index (κ2) is 9.66. The first kappa shape index (κ1) is 23.5. The van der Waals surface area contributed by atoms with Crippen LogP contribution < -0.4 is 0 Å². The molecule has 2 heterocycles. The molecule has 4 rings (SSSR count). The Morgan fingerprint density at radius 3 is 2.45 bits per heavy atom. The highest BCUT2D eigenvalue weighted by molar-refractivity contribution is 7.99. The van der Waals surface area contributed by atoms with Crippen LogP contribution in [0.1, 0.15) is 38.8 Å². The molecule has 0 N–H and O–H groups in total. The smallest absolute Gasteiger partial charge is 0.247 e. The van der Waals surface area contributed by atoms with Gasteiger partial charge in [0.25, 0.3) is 0 Å². The molecule has 2 aromatic heterocycles. The molecular weight excluding hydrogens is 458 g/mol. The van der Waals surface area contributed by atoms with Crippen LogP contribution in [0.25, 0.3) is 22.5 Å². The summed E-state index contributed by atoms with van der Waals surface area (Å²) in [4.78, 5) is 5.01. The van der Waals surface area contributed by atoms with Crippen LogP contribution in [0.15, 0.2) is 63.0 Å². The molecule has 0 amide bonds. The van der Waals surface area contributed by atoms with Gasteiger partial charge in [0.15, 0.2) is 5.16 Å². The molecule has 0 unspecified atom stereocenters. The number of hydrogen-bond acceptors (Lipinski definition) is 7. The Bertz CT molecular complexity index is 1350. The van der Waals surface area contributed by atoms with Crippen molar-refractivity contribution in [3.8, 4) is 11.5 Å². The Morgan fingerprint density at radius 2 is 1.79 bits per heavy atom. The van der Waals surface area contributed by atoms with E-state index in [1.54, 1.807) is 12.1 Å². The van der Waals surface area contributed by atoms with E-state index >= 15 is 0 Å². The lowest BCUT2D eigenvalue weighted by Gasteiger charge is -2.18. The van der Waals surface area contributed by atoms with Crippen LogP contribution in [0.5, 0.6) is 0 Å². The average Bonchev–Trinajstić information content (AvgIpc) is 3.44. The SMILES string of the molecule is CCN(CC)S(=O)(=O)c1ccc2c(c1)nc(S[C@H](C)c1nnc(-c3ccccc3)o1)n2CC. The second-order valence-electron chi connectivity index (χ2n) is 7.45. The fourth-order valence-corrected chi connectivity index (χ4v) is 6.16. The normalized spacial score (nSPS) is 13.1. The lowest BCUT2D eigenvalue weighted by molar-refractivity contribution is 0.445. The minimum atomic E-state index is -3.55. The van der Waals surface area contributed by atoms with E-state index in [-0.39, 0.29) is 10.1 Å². The molecule has 0 aliphatic heterocycles. The van der Waals surface area contributed by atoms with Crippen LogP contribution in [-0.4, -0.2) is 45.6 Å². The summed E-state index contributed by atoms with van der Waals surface area (Å²) in [5.74, 6) is 0.992. The minimum absolute atomic E-state index is 0.129. The van der Waals surface area contributed by atoms with Gasteiger partial charge >= 0.3 is 0 Å². The maximum absolute atomic E-state index is 12.9. The third kappa shape index (κ3) is 4.55. The zero-order chi connectivity index (χ0) is 23.6. The number of imidazole rings is 1. The number of nitrogens with zero attached hydrogens (tertiary/aromatic N) is 5. The van der Waals surface area contributed by atoms with Gasteiger partial charge in [0.2, 0.25) is 21.8 Å². The molecular formula is C23H27N5O3S2. The fourth-order valence-electron chi connectivity index (χ4n) is 3.66. The monoisotopic (exact) mass is 485 g/mol. The summed E-state index contributed by atoms with van der Waals surface area (Å²) < 4.78 is 35.3. The Morgan fingerprint density at radius 1 is 1.06 bits per heavy atom. The number of rotatable bonds is 9. The molecule has 0 saturated carbocycles. The highest BCUT2D eigenvalue weighted by atomic mass is 32.2. The lowest BCUT2D eigenvalue weighted by atomic mass is 10.2. The summed E-state index contributed by atoms with van der Waals surface area (Å²) in [7, 11) is -3.55. The number of aromatic nitrogens is 4. The number of hydrogen-bond donors (Lipinski definition) is 0. The molecule has 4 aromatic rings. The van der Waals surface area contributed by atoms with E-state index in [4.69, 9.17) is 9.40 Å². The zero-order valence-electron chi connectivity index (χ0n) is 19.1. The molecule has 0 saturated heterocycles. The second-order valence-corrected chi connectivity index (χ2v) is 10.7. The molecule has 33 heavy (non-hydrogen) atoms. The summed E-state index contributed by atoms with van der Waals surface area (Å²) in [6.45, 7) is 9.25. The van der Waals surface area contributed by atoms with Crippen LogP contribution in [0.4, 0.5) is 0 Å². The molecule has 174 valence electrons. The standard InChI is InChI=1S/C23H27N5O3S2/c1-5-27(6-2)33(29,30)18-13-14-20-19(15-18)24-23(28(20)7-3)32-16(4)21-25-26-22(31-21)17-11-9-8-10-12-17/h8-16H,5-7H2,1-4H3/t16-/m1/s1. The molecule has 1 atom stereocenters. The van der Waals surface area contributed by atoms with E-state index in [9.17, 15) is 8.42 Å². The molecule has 10 heteroatoms. The van der Waals surface area contributed by atoms with Gasteiger partial charge in [-0.2, -0.15) is 4.31 Å². The van der Waals surface area contributed by atoms with Crippen molar-refractivity contribution in [2.45, 2.75) is 49.5 Å². The zero-order valence-corrected chi connectivity index (χ0v) is 20.7. The molecule has 0 bridgehead atoms. The van der Waals surface area contributed by atoms with Crippen LogP contribution in [0, 0.1) is 0 Å². The first-order chi connectivity index (χ1) is 15.9. The largest absolute Gasteiger partial charge is 0.419 e. The quantitative estimate of drug-likeness (QED) is 0.308. The minimum Gasteiger partial charge on any atom is -0.419 e. The van der Waals surface area contributed by atoms with Crippen LogP contribution in [0.2, 0.25) is 0 Å². The third-order valence-electron chi connectivity index (χ3n) is 5.44. The number of fused-ring (bicyclic) bond motifs is 1. The number of sulfonamides is 1. The van der Waals surface area contributed by atoms with E-state index in [1.807, 2.05) is 64.1 Å². The van der Waals surface area contributed by atoms with Crippen molar-refractivity contribution in [2.24, 2.45) is 0 Å². The molecule has 0 fully saturated rings. The van der Waals surface area contributed by atoms with Gasteiger partial charge < -0.3 is 8.98 Å². The predicted molar refractivity (Wildman–Crippen MR) is 130 cm³/mol. The third-order valence-corrected chi connectivity index (χ3v) is 8.56. The number of thioether (sulfide) groups is 1. The lowest BCUT2D eigenvalue weighted by Crippen LogP contribution is -2.30. The number of aryl methyl sites for hydroxylation is 1. The molecule has 0 radical (unpaired) electrons. The molecule has 8 nitrogen and oxygen atoms in total. The van der Waals surface area contributed by atoms with Crippen molar-refractivity contribution in [1.29, 1.82) is 0 Å². The van der Waals surface area contributed by atoms with Gasteiger partial charge in [-0.05, 0) is 44.2 Å². The van der Waals surface area contributed by atoms with Gasteiger partial charge in [-0.3, -0.25) is 0 Å². The maximum atomic E-state index is 12.9. The van der Waals surface area contributed by atoms with Crippen molar-refractivity contribution in [2.75, 3.05) is 13.1 Å². The van der Waals surface area contributed by atoms with Gasteiger partial charge in [-0.1, -0.05) is 43.8 Å². The van der Waals surface area contributed by atoms with Crippen molar-refractivity contribution in [1.82, 2.24) is 24.1 Å². The van der Waals surface area contributed by atoms with Gasteiger partial charge in [0.05, 0.1) is 21.2 Å². The Kier molecular flexibility index (Phi) is 6.87. The highest BCUT2D eigenvalue weighted by Gasteiger charge is 2.24. The van der Waals surface area contributed by atoms with E-state index in [0.717, 1.165) is 16.2 Å². The van der Waals surface area contributed by atoms with Crippen molar-refractivity contribution in [3.05, 3.63) is 54.4 Å². The summed E-state index contributed by atoms with van der Waals surface area (Å²) in [5.41, 5.74) is 2.41. The van der Waals surface area contributed by atoms with E-state index < -0.39 is 10.0 Å². The highest BCUT2D eigenvalue weighted by Crippen LogP contribution is 2.36. The predicted octanol–water partition coefficient (Wildman–Crippen LogP) is 4.99. The summed E-state index contributed by atoms with van der Waals surface area (Å²) in [6.07, 6.45) is 0. The van der Waals surface area contributed by atoms with Gasteiger partial charge in [0.1, 0.15) is 0 Å². The average molecular weight is 486 g/mol. The number of benzene rings is 2. The molecule has 0 aliphatic rings. The van der Waals surface area contributed by atoms with Crippen molar-refractivity contribution >= 4 is 32.8 Å². The topological polar surface area (TPSA) is 94.1 Å². The fraction of sp³-hybridized carbons (Fsp3) is 0.348. The first-order valence-electron chi connectivity index (χ1n) is 10.9. The summed E-state index contributed by atoms with van der Waals surface area (Å²) in [5, 5.41) is 9.05. The van der Waals surface area contributed by atoms with Gasteiger partial charge in [-0.15, -0.1) is 10.2 Å². The summed E-state index contributed by atoms with van der Waals surface area (Å²) >= 11 is 1.51. The van der Waals surface area contributed by atoms with E-state index in [0.29, 0.717) is 36.9 Å². The van der Waals surface area contributed by atoms with Crippen molar-refractivity contribution < 1.29 is 12.8 Å². The van der Waals surface area contributed by atoms with E-state index in [2.05, 4.69) is 14.8 Å². The first-order valence-corrected chi connectivity index (χ1v) is 13.3. The van der Waals surface area contributed by atoms with Crippen LogP contribution in [-0.2, 0) is 16.6 Å². The van der Waals surface area contributed by atoms with Crippen LogP contribution in [0.3, 0.4) is 0 Å². The van der Waals surface area contributed by atoms with Gasteiger partial charge in [-0.25, -0.2) is 13.4 Å². The van der Waals surface area contributed by atoms with Gasteiger partial charge in [0, 0.05) is 25.2 Å². The van der Waals surface area contributed by atoms with Crippen molar-refractivity contribution in [3.63, 3.8) is 0 Å². The summed E-state index contributed by atoms with van der Waals surface area (Å²) in [6, 6.07) is 14.8. The van der Waals surface area contributed by atoms with E-state index in [1.165, 1.54) is 16.1 Å². The molecule has 0 aliphatic carbocycles. The maximum Gasteiger partial charge on any atom is 0.247 e. The molecule has 0 spiro atoms.